The number of rotatable bonds is 6. The Balaban J connectivity index is 2.24. The van der Waals surface area contributed by atoms with Crippen molar-refractivity contribution in [2.75, 3.05) is 6.54 Å². The van der Waals surface area contributed by atoms with E-state index in [2.05, 4.69) is 55.5 Å². The van der Waals surface area contributed by atoms with Crippen LogP contribution in [0.25, 0.3) is 0 Å². The first-order chi connectivity index (χ1) is 9.61. The fourth-order valence-electron chi connectivity index (χ4n) is 2.54. The maximum atomic E-state index is 4.51. The van der Waals surface area contributed by atoms with Crippen molar-refractivity contribution < 1.29 is 0 Å². The van der Waals surface area contributed by atoms with Gasteiger partial charge in [-0.3, -0.25) is 4.68 Å². The van der Waals surface area contributed by atoms with E-state index in [-0.39, 0.29) is 0 Å². The molecule has 3 heteroatoms. The Bertz CT molecular complexity index is 557. The molecule has 1 heterocycles. The van der Waals surface area contributed by atoms with Crippen LogP contribution in [0, 0.1) is 13.8 Å². The molecule has 1 aromatic carbocycles. The van der Waals surface area contributed by atoms with Crippen molar-refractivity contribution >= 4 is 0 Å². The van der Waals surface area contributed by atoms with Crippen LogP contribution in [0.15, 0.2) is 30.5 Å². The molecule has 0 aliphatic heterocycles. The Morgan fingerprint density at radius 1 is 1.25 bits per heavy atom. The van der Waals surface area contributed by atoms with Crippen molar-refractivity contribution in [2.45, 2.75) is 39.7 Å². The molecule has 2 rings (SSSR count). The standard InChI is InChI=1S/C17H25N3/c1-5-10-18-17(12-15-9-11-20(4)19-15)16-8-6-7-13(2)14(16)3/h6-9,11,17-18H,5,10,12H2,1-4H3. The molecule has 0 fully saturated rings. The average Bonchev–Trinajstić information content (AvgIpc) is 2.83. The molecule has 2 aromatic rings. The van der Waals surface area contributed by atoms with Crippen molar-refractivity contribution in [3.05, 3.63) is 52.8 Å². The highest BCUT2D eigenvalue weighted by molar-refractivity contribution is 5.36. The van der Waals surface area contributed by atoms with Crippen LogP contribution < -0.4 is 5.32 Å². The second kappa shape index (κ2) is 6.71. The lowest BCUT2D eigenvalue weighted by atomic mass is 9.94. The summed E-state index contributed by atoms with van der Waals surface area (Å²) < 4.78 is 1.87. The molecule has 0 aliphatic rings. The summed E-state index contributed by atoms with van der Waals surface area (Å²) in [4.78, 5) is 0. The third-order valence-corrected chi connectivity index (χ3v) is 3.84. The molecule has 108 valence electrons. The molecule has 1 aromatic heterocycles. The van der Waals surface area contributed by atoms with Gasteiger partial charge in [0.15, 0.2) is 0 Å². The highest BCUT2D eigenvalue weighted by Gasteiger charge is 2.15. The molecule has 0 aliphatic carbocycles. The normalized spacial score (nSPS) is 12.6. The van der Waals surface area contributed by atoms with Crippen molar-refractivity contribution in [3.8, 4) is 0 Å². The van der Waals surface area contributed by atoms with Crippen LogP contribution in [0.4, 0.5) is 0 Å². The summed E-state index contributed by atoms with van der Waals surface area (Å²) in [5, 5.41) is 8.18. The van der Waals surface area contributed by atoms with Gasteiger partial charge < -0.3 is 5.32 Å². The van der Waals surface area contributed by atoms with Crippen LogP contribution >= 0.6 is 0 Å². The topological polar surface area (TPSA) is 29.9 Å². The molecule has 1 atom stereocenters. The molecule has 3 nitrogen and oxygen atoms in total. The predicted octanol–water partition coefficient (Wildman–Crippen LogP) is 3.32. The summed E-state index contributed by atoms with van der Waals surface area (Å²) in [5.41, 5.74) is 5.27. The first-order valence-corrected chi connectivity index (χ1v) is 7.39. The Hall–Kier alpha value is -1.61. The lowest BCUT2D eigenvalue weighted by Crippen LogP contribution is -2.25. The molecule has 0 saturated heterocycles. The van der Waals surface area contributed by atoms with Crippen LogP contribution in [0.2, 0.25) is 0 Å². The van der Waals surface area contributed by atoms with Gasteiger partial charge in [-0.15, -0.1) is 0 Å². The van der Waals surface area contributed by atoms with E-state index in [4.69, 9.17) is 0 Å². The van der Waals surface area contributed by atoms with Crippen molar-refractivity contribution in [1.29, 1.82) is 0 Å². The molecule has 1 N–H and O–H groups in total. The lowest BCUT2D eigenvalue weighted by Gasteiger charge is -2.21. The SMILES string of the molecule is CCCNC(Cc1ccn(C)n1)c1cccc(C)c1C. The number of benzene rings is 1. The summed E-state index contributed by atoms with van der Waals surface area (Å²) in [5.74, 6) is 0. The maximum Gasteiger partial charge on any atom is 0.0643 e. The van der Waals surface area contributed by atoms with Gasteiger partial charge in [0.2, 0.25) is 0 Å². The molecular weight excluding hydrogens is 246 g/mol. The zero-order valence-corrected chi connectivity index (χ0v) is 13.0. The van der Waals surface area contributed by atoms with Gasteiger partial charge in [-0.25, -0.2) is 0 Å². The number of nitrogens with zero attached hydrogens (tertiary/aromatic N) is 2. The van der Waals surface area contributed by atoms with Gasteiger partial charge in [-0.1, -0.05) is 25.1 Å². The van der Waals surface area contributed by atoms with E-state index in [0.717, 1.165) is 25.1 Å². The van der Waals surface area contributed by atoms with E-state index in [1.165, 1.54) is 16.7 Å². The first kappa shape index (κ1) is 14.8. The quantitative estimate of drug-likeness (QED) is 0.873. The van der Waals surface area contributed by atoms with E-state index in [1.807, 2.05) is 17.9 Å². The zero-order valence-electron chi connectivity index (χ0n) is 13.0. The lowest BCUT2D eigenvalue weighted by molar-refractivity contribution is 0.519. The van der Waals surface area contributed by atoms with Gasteiger partial charge in [0.05, 0.1) is 5.69 Å². The van der Waals surface area contributed by atoms with Gasteiger partial charge >= 0.3 is 0 Å². The molecule has 0 spiro atoms. The second-order valence-electron chi connectivity index (χ2n) is 5.48. The summed E-state index contributed by atoms with van der Waals surface area (Å²) >= 11 is 0. The zero-order chi connectivity index (χ0) is 14.5. The predicted molar refractivity (Wildman–Crippen MR) is 83.9 cm³/mol. The minimum Gasteiger partial charge on any atom is -0.310 e. The monoisotopic (exact) mass is 271 g/mol. The van der Waals surface area contributed by atoms with Gasteiger partial charge in [0.25, 0.3) is 0 Å². The molecule has 0 saturated carbocycles. The number of hydrogen-bond donors (Lipinski definition) is 1. The Labute approximate surface area is 122 Å². The number of aryl methyl sites for hydroxylation is 2. The number of aromatic nitrogens is 2. The van der Waals surface area contributed by atoms with Crippen molar-refractivity contribution in [3.63, 3.8) is 0 Å². The maximum absolute atomic E-state index is 4.51. The second-order valence-corrected chi connectivity index (χ2v) is 5.48. The van der Waals surface area contributed by atoms with Crippen LogP contribution in [0.3, 0.4) is 0 Å². The summed E-state index contributed by atoms with van der Waals surface area (Å²) in [7, 11) is 1.97. The summed E-state index contributed by atoms with van der Waals surface area (Å²) in [6.07, 6.45) is 4.09. The molecular formula is C17H25N3. The molecule has 0 bridgehead atoms. The van der Waals surface area contributed by atoms with E-state index < -0.39 is 0 Å². The van der Waals surface area contributed by atoms with Crippen molar-refractivity contribution in [2.24, 2.45) is 7.05 Å². The van der Waals surface area contributed by atoms with Crippen LogP contribution in [-0.4, -0.2) is 16.3 Å². The third-order valence-electron chi connectivity index (χ3n) is 3.84. The highest BCUT2D eigenvalue weighted by atomic mass is 15.2. The van der Waals surface area contributed by atoms with Gasteiger partial charge in [-0.2, -0.15) is 5.10 Å². The summed E-state index contributed by atoms with van der Waals surface area (Å²) in [6.45, 7) is 7.62. The molecule has 1 unspecified atom stereocenters. The van der Waals surface area contributed by atoms with E-state index >= 15 is 0 Å². The Kier molecular flexibility index (Phi) is 4.96. The largest absolute Gasteiger partial charge is 0.310 e. The van der Waals surface area contributed by atoms with E-state index in [1.54, 1.807) is 0 Å². The fourth-order valence-corrected chi connectivity index (χ4v) is 2.54. The molecule has 0 amide bonds. The van der Waals surface area contributed by atoms with Crippen LogP contribution in [0.5, 0.6) is 0 Å². The molecule has 0 radical (unpaired) electrons. The molecule has 20 heavy (non-hydrogen) atoms. The third kappa shape index (κ3) is 3.48. The fraction of sp³-hybridized carbons (Fsp3) is 0.471. The minimum atomic E-state index is 0.338. The van der Waals surface area contributed by atoms with Crippen LogP contribution in [-0.2, 0) is 13.5 Å². The highest BCUT2D eigenvalue weighted by Crippen LogP contribution is 2.23. The number of nitrogens with one attached hydrogen (secondary N) is 1. The number of hydrogen-bond acceptors (Lipinski definition) is 2. The van der Waals surface area contributed by atoms with Crippen molar-refractivity contribution in [1.82, 2.24) is 15.1 Å². The van der Waals surface area contributed by atoms with E-state index in [9.17, 15) is 0 Å². The average molecular weight is 271 g/mol. The van der Waals surface area contributed by atoms with Gasteiger partial charge in [-0.05, 0) is 49.6 Å². The smallest absolute Gasteiger partial charge is 0.0643 e. The summed E-state index contributed by atoms with van der Waals surface area (Å²) in [6, 6.07) is 9.00. The Morgan fingerprint density at radius 3 is 2.70 bits per heavy atom. The van der Waals surface area contributed by atoms with Crippen LogP contribution in [0.1, 0.15) is 41.8 Å². The van der Waals surface area contributed by atoms with Gasteiger partial charge in [0, 0.05) is 25.7 Å². The van der Waals surface area contributed by atoms with Gasteiger partial charge in [0.1, 0.15) is 0 Å². The minimum absolute atomic E-state index is 0.338. The first-order valence-electron chi connectivity index (χ1n) is 7.39. The Morgan fingerprint density at radius 2 is 2.05 bits per heavy atom. The van der Waals surface area contributed by atoms with E-state index in [0.29, 0.717) is 6.04 Å².